The van der Waals surface area contributed by atoms with Crippen LogP contribution in [0, 0.1) is 23.2 Å². The second-order valence-electron chi connectivity index (χ2n) is 8.71. The van der Waals surface area contributed by atoms with Crippen LogP contribution in [0.3, 0.4) is 0 Å². The van der Waals surface area contributed by atoms with Gasteiger partial charge >= 0.3 is 0 Å². The number of methoxy groups -OCH3 is 2. The SMILES string of the molecule is CC1CC1.COc1cc(-c2cnc3cccc(OC)n23)cc(OCC2CCCC2)c1C#N. The standard InChI is InChI=1S/C22H23N3O3.C4H8/c1-26-19-10-16(18-13-24-21-8-5-9-22(27-2)25(18)21)11-20(17(19)12-23)28-14-15-6-3-4-7-15;1-4-2-3-4/h5,8-11,13,15H,3-4,6-7,14H2,1-2H3;4H,2-3H2,1H3. The lowest BCUT2D eigenvalue weighted by Gasteiger charge is -2.16. The molecule has 1 aromatic carbocycles. The van der Waals surface area contributed by atoms with Crippen LogP contribution in [0.15, 0.2) is 36.5 Å². The Morgan fingerprint density at radius 1 is 1.06 bits per heavy atom. The predicted molar refractivity (Wildman–Crippen MR) is 124 cm³/mol. The van der Waals surface area contributed by atoms with E-state index in [1.165, 1.54) is 38.5 Å². The Bertz CT molecular complexity index is 1110. The number of hydrogen-bond acceptors (Lipinski definition) is 5. The van der Waals surface area contributed by atoms with Gasteiger partial charge in [-0.1, -0.05) is 38.7 Å². The maximum absolute atomic E-state index is 9.65. The van der Waals surface area contributed by atoms with Gasteiger partial charge in [0.15, 0.2) is 5.88 Å². The molecule has 2 aliphatic carbocycles. The summed E-state index contributed by atoms with van der Waals surface area (Å²) in [5.41, 5.74) is 2.91. The molecular weight excluding hydrogens is 402 g/mol. The fraction of sp³-hybridized carbons (Fsp3) is 0.462. The minimum atomic E-state index is 0.421. The molecule has 0 unspecified atom stereocenters. The van der Waals surface area contributed by atoms with Crippen molar-refractivity contribution in [3.05, 3.63) is 42.1 Å². The van der Waals surface area contributed by atoms with Crippen molar-refractivity contribution in [2.75, 3.05) is 20.8 Å². The molecule has 6 heteroatoms. The highest BCUT2D eigenvalue weighted by atomic mass is 16.5. The Kier molecular flexibility index (Phi) is 6.84. The Hall–Kier alpha value is -3.20. The molecule has 32 heavy (non-hydrogen) atoms. The first-order valence-electron chi connectivity index (χ1n) is 11.4. The van der Waals surface area contributed by atoms with Crippen LogP contribution in [0.4, 0.5) is 0 Å². The van der Waals surface area contributed by atoms with Crippen molar-refractivity contribution in [3.8, 4) is 34.7 Å². The highest BCUT2D eigenvalue weighted by Gasteiger charge is 2.20. The normalized spacial score (nSPS) is 15.7. The molecule has 2 heterocycles. The number of aromatic nitrogens is 2. The summed E-state index contributed by atoms with van der Waals surface area (Å²) >= 11 is 0. The molecule has 0 saturated heterocycles. The van der Waals surface area contributed by atoms with Crippen molar-refractivity contribution in [3.63, 3.8) is 0 Å². The zero-order valence-corrected chi connectivity index (χ0v) is 19.1. The smallest absolute Gasteiger partial charge is 0.199 e. The van der Waals surface area contributed by atoms with Crippen LogP contribution < -0.4 is 14.2 Å². The molecular formula is C26H31N3O3. The summed E-state index contributed by atoms with van der Waals surface area (Å²) in [6, 6.07) is 11.7. The maximum atomic E-state index is 9.65. The van der Waals surface area contributed by atoms with Gasteiger partial charge in [-0.05, 0) is 48.9 Å². The molecule has 2 fully saturated rings. The van der Waals surface area contributed by atoms with Gasteiger partial charge in [0, 0.05) is 5.56 Å². The molecule has 5 rings (SSSR count). The Morgan fingerprint density at radius 2 is 1.78 bits per heavy atom. The largest absolute Gasteiger partial charge is 0.495 e. The van der Waals surface area contributed by atoms with Crippen molar-refractivity contribution in [1.29, 1.82) is 5.26 Å². The van der Waals surface area contributed by atoms with E-state index in [1.54, 1.807) is 20.4 Å². The molecule has 2 aromatic heterocycles. The van der Waals surface area contributed by atoms with Crippen molar-refractivity contribution in [1.82, 2.24) is 9.38 Å². The average Bonchev–Trinajstić information content (AvgIpc) is 3.27. The van der Waals surface area contributed by atoms with Gasteiger partial charge in [-0.15, -0.1) is 0 Å². The van der Waals surface area contributed by atoms with E-state index >= 15 is 0 Å². The molecule has 0 aliphatic heterocycles. The molecule has 0 spiro atoms. The number of nitriles is 1. The quantitative estimate of drug-likeness (QED) is 0.486. The second-order valence-corrected chi connectivity index (χ2v) is 8.71. The minimum absolute atomic E-state index is 0.421. The van der Waals surface area contributed by atoms with Crippen LogP contribution in [0.25, 0.3) is 16.9 Å². The molecule has 0 amide bonds. The topological polar surface area (TPSA) is 68.8 Å². The van der Waals surface area contributed by atoms with Gasteiger partial charge in [0.25, 0.3) is 0 Å². The Morgan fingerprint density at radius 3 is 2.41 bits per heavy atom. The average molecular weight is 434 g/mol. The predicted octanol–water partition coefficient (Wildman–Crippen LogP) is 5.88. The summed E-state index contributed by atoms with van der Waals surface area (Å²) in [6.07, 6.45) is 9.64. The molecule has 0 N–H and O–H groups in total. The van der Waals surface area contributed by atoms with E-state index in [0.29, 0.717) is 35.5 Å². The third-order valence-corrected chi connectivity index (χ3v) is 6.21. The first-order valence-corrected chi connectivity index (χ1v) is 11.4. The molecule has 0 radical (unpaired) electrons. The lowest BCUT2D eigenvalue weighted by molar-refractivity contribution is 0.250. The first kappa shape index (κ1) is 22.0. The van der Waals surface area contributed by atoms with Gasteiger partial charge in [0.2, 0.25) is 0 Å². The number of ether oxygens (including phenoxy) is 3. The van der Waals surface area contributed by atoms with Gasteiger partial charge in [0.1, 0.15) is 28.8 Å². The highest BCUT2D eigenvalue weighted by Crippen LogP contribution is 2.37. The summed E-state index contributed by atoms with van der Waals surface area (Å²) in [5.74, 6) is 3.36. The van der Waals surface area contributed by atoms with Crippen LogP contribution in [-0.4, -0.2) is 30.2 Å². The van der Waals surface area contributed by atoms with Gasteiger partial charge in [-0.2, -0.15) is 5.26 Å². The van der Waals surface area contributed by atoms with Crippen LogP contribution in [0.2, 0.25) is 0 Å². The van der Waals surface area contributed by atoms with Crippen LogP contribution >= 0.6 is 0 Å². The molecule has 3 aromatic rings. The molecule has 0 bridgehead atoms. The van der Waals surface area contributed by atoms with Crippen molar-refractivity contribution < 1.29 is 14.2 Å². The number of fused-ring (bicyclic) bond motifs is 1. The lowest BCUT2D eigenvalue weighted by atomic mass is 10.1. The van der Waals surface area contributed by atoms with Crippen LogP contribution in [0.5, 0.6) is 17.4 Å². The van der Waals surface area contributed by atoms with Crippen molar-refractivity contribution in [2.45, 2.75) is 45.4 Å². The van der Waals surface area contributed by atoms with E-state index < -0.39 is 0 Å². The number of rotatable bonds is 6. The molecule has 2 aliphatic rings. The van der Waals surface area contributed by atoms with E-state index in [4.69, 9.17) is 14.2 Å². The zero-order valence-electron chi connectivity index (χ0n) is 19.1. The van der Waals surface area contributed by atoms with Crippen LogP contribution in [0.1, 0.15) is 51.0 Å². The fourth-order valence-corrected chi connectivity index (χ4v) is 4.04. The monoisotopic (exact) mass is 433 g/mol. The number of hydrogen-bond donors (Lipinski definition) is 0. The maximum Gasteiger partial charge on any atom is 0.199 e. The van der Waals surface area contributed by atoms with Crippen LogP contribution in [-0.2, 0) is 0 Å². The summed E-state index contributed by atoms with van der Waals surface area (Å²) in [4.78, 5) is 4.48. The summed E-state index contributed by atoms with van der Waals surface area (Å²) in [5, 5.41) is 9.65. The number of imidazole rings is 1. The lowest BCUT2D eigenvalue weighted by Crippen LogP contribution is -2.09. The summed E-state index contributed by atoms with van der Waals surface area (Å²) in [7, 11) is 3.20. The molecule has 0 atom stereocenters. The van der Waals surface area contributed by atoms with Crippen molar-refractivity contribution >= 4 is 5.65 Å². The van der Waals surface area contributed by atoms with E-state index in [2.05, 4.69) is 18.0 Å². The third kappa shape index (κ3) is 4.83. The van der Waals surface area contributed by atoms with Gasteiger partial charge in [-0.3, -0.25) is 4.40 Å². The minimum Gasteiger partial charge on any atom is -0.495 e. The van der Waals surface area contributed by atoms with Gasteiger partial charge in [-0.25, -0.2) is 4.98 Å². The molecule has 168 valence electrons. The Labute approximate surface area is 189 Å². The third-order valence-electron chi connectivity index (χ3n) is 6.21. The van der Waals surface area contributed by atoms with E-state index in [-0.39, 0.29) is 0 Å². The number of nitrogens with zero attached hydrogens (tertiary/aromatic N) is 3. The Balaban J connectivity index is 0.000000552. The van der Waals surface area contributed by atoms with Crippen molar-refractivity contribution in [2.24, 2.45) is 11.8 Å². The number of benzene rings is 1. The number of pyridine rings is 1. The summed E-state index contributed by atoms with van der Waals surface area (Å²) in [6.45, 7) is 2.90. The molecule has 2 saturated carbocycles. The zero-order chi connectivity index (χ0) is 22.5. The first-order chi connectivity index (χ1) is 15.6. The fourth-order valence-electron chi connectivity index (χ4n) is 4.04. The van der Waals surface area contributed by atoms with E-state index in [0.717, 1.165) is 22.8 Å². The summed E-state index contributed by atoms with van der Waals surface area (Å²) < 4.78 is 19.0. The van der Waals surface area contributed by atoms with Gasteiger partial charge < -0.3 is 14.2 Å². The van der Waals surface area contributed by atoms with E-state index in [1.807, 2.05) is 34.7 Å². The van der Waals surface area contributed by atoms with E-state index in [9.17, 15) is 5.26 Å². The highest BCUT2D eigenvalue weighted by molar-refractivity contribution is 5.71. The second kappa shape index (κ2) is 9.95. The molecule has 6 nitrogen and oxygen atoms in total. The van der Waals surface area contributed by atoms with Gasteiger partial charge in [0.05, 0.1) is 32.7 Å².